The lowest BCUT2D eigenvalue weighted by molar-refractivity contribution is 0.0942. The van der Waals surface area contributed by atoms with E-state index >= 15 is 0 Å². The van der Waals surface area contributed by atoms with Gasteiger partial charge in [-0.15, -0.1) is 0 Å². The van der Waals surface area contributed by atoms with E-state index in [1.54, 1.807) is 55.6 Å². The first-order valence-corrected chi connectivity index (χ1v) is 12.3. The topological polar surface area (TPSA) is 79.0 Å². The zero-order chi connectivity index (χ0) is 24.9. The van der Waals surface area contributed by atoms with Gasteiger partial charge in [0, 0.05) is 19.2 Å². The zero-order valence-electron chi connectivity index (χ0n) is 20.1. The fraction of sp³-hybridized carbons (Fsp3) is 0.269. The van der Waals surface area contributed by atoms with Crippen LogP contribution in [0.15, 0.2) is 77.7 Å². The predicted octanol–water partition coefficient (Wildman–Crippen LogP) is 3.86. The number of nitrogens with zero attached hydrogens (tertiary/aromatic N) is 2. The lowest BCUT2D eigenvalue weighted by Gasteiger charge is -2.25. The van der Waals surface area contributed by atoms with E-state index in [1.807, 2.05) is 50.2 Å². The lowest BCUT2D eigenvalue weighted by atomic mass is 10.1. The summed E-state index contributed by atoms with van der Waals surface area (Å²) in [5.41, 5.74) is 2.94. The SMILES string of the molecule is COc1cccc(C(CNC(=O)c2ccc(N(C)S(=O)(=O)c3ccc(C)cc3)cc2)N(C)C)c1. The van der Waals surface area contributed by atoms with Crippen LogP contribution in [0.3, 0.4) is 0 Å². The quantitative estimate of drug-likeness (QED) is 0.502. The minimum absolute atomic E-state index is 0.0379. The van der Waals surface area contributed by atoms with Crippen LogP contribution in [0.5, 0.6) is 5.75 Å². The van der Waals surface area contributed by atoms with E-state index in [1.165, 1.54) is 11.4 Å². The number of carbonyl (C=O) groups excluding carboxylic acids is 1. The monoisotopic (exact) mass is 481 g/mol. The molecule has 1 unspecified atom stereocenters. The molecule has 0 spiro atoms. The number of methoxy groups -OCH3 is 1. The molecule has 0 aromatic heterocycles. The van der Waals surface area contributed by atoms with Gasteiger partial charge in [-0.1, -0.05) is 29.8 Å². The number of aryl methyl sites for hydroxylation is 1. The number of anilines is 1. The van der Waals surface area contributed by atoms with Crippen molar-refractivity contribution in [2.75, 3.05) is 39.1 Å². The van der Waals surface area contributed by atoms with Gasteiger partial charge in [0.05, 0.1) is 23.7 Å². The van der Waals surface area contributed by atoms with Gasteiger partial charge in [0.25, 0.3) is 15.9 Å². The first kappa shape index (κ1) is 25.3. The van der Waals surface area contributed by atoms with Crippen molar-refractivity contribution in [2.24, 2.45) is 0 Å². The maximum atomic E-state index is 12.9. The Labute approximate surface area is 202 Å². The molecule has 0 heterocycles. The number of likely N-dealkylation sites (N-methyl/N-ethyl adjacent to an activating group) is 1. The third-order valence-corrected chi connectivity index (χ3v) is 7.53. The van der Waals surface area contributed by atoms with Crippen LogP contribution in [-0.4, -0.2) is 54.0 Å². The standard InChI is InChI=1S/C26H31N3O4S/c1-19-9-15-24(16-10-19)34(31,32)29(4)22-13-11-20(12-14-22)26(30)27-18-25(28(2)3)21-7-6-8-23(17-21)33-5/h6-17,25H,18H2,1-5H3,(H,27,30). The molecule has 0 saturated heterocycles. The molecule has 1 amide bonds. The Kier molecular flexibility index (Phi) is 7.96. The van der Waals surface area contributed by atoms with E-state index in [-0.39, 0.29) is 16.8 Å². The maximum Gasteiger partial charge on any atom is 0.264 e. The summed E-state index contributed by atoms with van der Waals surface area (Å²) in [4.78, 5) is 15.0. The van der Waals surface area contributed by atoms with Crippen molar-refractivity contribution in [2.45, 2.75) is 17.9 Å². The van der Waals surface area contributed by atoms with E-state index in [9.17, 15) is 13.2 Å². The Bertz CT molecular complexity index is 1220. The molecule has 0 aliphatic carbocycles. The molecule has 8 heteroatoms. The molecule has 1 N–H and O–H groups in total. The molecule has 0 saturated carbocycles. The first-order chi connectivity index (χ1) is 16.1. The molecule has 0 radical (unpaired) electrons. The Balaban J connectivity index is 1.70. The van der Waals surface area contributed by atoms with Gasteiger partial charge in [-0.3, -0.25) is 9.10 Å². The van der Waals surface area contributed by atoms with Crippen LogP contribution in [0.2, 0.25) is 0 Å². The molecule has 1 atom stereocenters. The smallest absolute Gasteiger partial charge is 0.264 e. The third kappa shape index (κ3) is 5.76. The summed E-state index contributed by atoms with van der Waals surface area (Å²) in [6.45, 7) is 2.31. The summed E-state index contributed by atoms with van der Waals surface area (Å²) in [6, 6.07) is 20.9. The second-order valence-electron chi connectivity index (χ2n) is 8.30. The van der Waals surface area contributed by atoms with Crippen molar-refractivity contribution < 1.29 is 17.9 Å². The van der Waals surface area contributed by atoms with Crippen LogP contribution in [0.25, 0.3) is 0 Å². The number of hydrogen-bond donors (Lipinski definition) is 1. The van der Waals surface area contributed by atoms with Crippen molar-refractivity contribution in [3.05, 3.63) is 89.5 Å². The average molecular weight is 482 g/mol. The van der Waals surface area contributed by atoms with E-state index in [2.05, 4.69) is 5.32 Å². The van der Waals surface area contributed by atoms with Gasteiger partial charge in [0.2, 0.25) is 0 Å². The highest BCUT2D eigenvalue weighted by atomic mass is 32.2. The highest BCUT2D eigenvalue weighted by Crippen LogP contribution is 2.24. The molecular weight excluding hydrogens is 450 g/mol. The number of nitrogens with one attached hydrogen (secondary N) is 1. The number of ether oxygens (including phenoxy) is 1. The van der Waals surface area contributed by atoms with Crippen molar-refractivity contribution >= 4 is 21.6 Å². The number of carbonyl (C=O) groups is 1. The van der Waals surface area contributed by atoms with Gasteiger partial charge in [-0.25, -0.2) is 8.42 Å². The van der Waals surface area contributed by atoms with Gasteiger partial charge in [-0.05, 0) is 75.1 Å². The minimum atomic E-state index is -3.69. The van der Waals surface area contributed by atoms with Crippen molar-refractivity contribution in [3.63, 3.8) is 0 Å². The number of sulfonamides is 1. The summed E-state index contributed by atoms with van der Waals surface area (Å²) in [6.07, 6.45) is 0. The van der Waals surface area contributed by atoms with Gasteiger partial charge in [0.1, 0.15) is 5.75 Å². The second kappa shape index (κ2) is 10.7. The van der Waals surface area contributed by atoms with Crippen molar-refractivity contribution in [1.29, 1.82) is 0 Å². The molecule has 0 aliphatic heterocycles. The Hall–Kier alpha value is -3.36. The molecule has 180 valence electrons. The van der Waals surface area contributed by atoms with Crippen LogP contribution in [0, 0.1) is 6.92 Å². The average Bonchev–Trinajstić information content (AvgIpc) is 2.84. The molecule has 3 aromatic rings. The van der Waals surface area contributed by atoms with Gasteiger partial charge >= 0.3 is 0 Å². The number of benzene rings is 3. The summed E-state index contributed by atoms with van der Waals surface area (Å²) < 4.78 is 32.4. The molecule has 34 heavy (non-hydrogen) atoms. The van der Waals surface area contributed by atoms with Crippen LogP contribution < -0.4 is 14.4 Å². The van der Waals surface area contributed by atoms with Crippen LogP contribution in [0.1, 0.15) is 27.5 Å². The van der Waals surface area contributed by atoms with E-state index in [4.69, 9.17) is 4.74 Å². The van der Waals surface area contributed by atoms with Gasteiger partial charge < -0.3 is 15.0 Å². The number of hydrogen-bond acceptors (Lipinski definition) is 5. The molecule has 0 aliphatic rings. The lowest BCUT2D eigenvalue weighted by Crippen LogP contribution is -2.34. The highest BCUT2D eigenvalue weighted by Gasteiger charge is 2.22. The van der Waals surface area contributed by atoms with E-state index in [0.717, 1.165) is 16.9 Å². The molecule has 0 bridgehead atoms. The fourth-order valence-corrected chi connectivity index (χ4v) is 4.76. The summed E-state index contributed by atoms with van der Waals surface area (Å²) in [5.74, 6) is 0.529. The van der Waals surface area contributed by atoms with Crippen LogP contribution >= 0.6 is 0 Å². The molecule has 7 nitrogen and oxygen atoms in total. The minimum Gasteiger partial charge on any atom is -0.497 e. The van der Waals surface area contributed by atoms with E-state index in [0.29, 0.717) is 17.8 Å². The van der Waals surface area contributed by atoms with Crippen LogP contribution in [0.4, 0.5) is 5.69 Å². The summed E-state index contributed by atoms with van der Waals surface area (Å²) in [5, 5.41) is 2.97. The Morgan fingerprint density at radius 2 is 1.62 bits per heavy atom. The number of rotatable bonds is 9. The molecule has 0 fully saturated rings. The van der Waals surface area contributed by atoms with Crippen molar-refractivity contribution in [3.8, 4) is 5.75 Å². The first-order valence-electron chi connectivity index (χ1n) is 10.9. The zero-order valence-corrected chi connectivity index (χ0v) is 21.0. The third-order valence-electron chi connectivity index (χ3n) is 5.73. The largest absolute Gasteiger partial charge is 0.497 e. The maximum absolute atomic E-state index is 12.9. The highest BCUT2D eigenvalue weighted by molar-refractivity contribution is 7.92. The molecular formula is C26H31N3O4S. The van der Waals surface area contributed by atoms with E-state index < -0.39 is 10.0 Å². The normalized spacial score (nSPS) is 12.3. The van der Waals surface area contributed by atoms with Gasteiger partial charge in [-0.2, -0.15) is 0 Å². The molecule has 3 aromatic carbocycles. The van der Waals surface area contributed by atoms with Gasteiger partial charge in [0.15, 0.2) is 0 Å². The fourth-order valence-electron chi connectivity index (χ4n) is 3.57. The Morgan fingerprint density at radius 3 is 2.21 bits per heavy atom. The molecule has 3 rings (SSSR count). The van der Waals surface area contributed by atoms with Crippen LogP contribution in [-0.2, 0) is 10.0 Å². The Morgan fingerprint density at radius 1 is 0.971 bits per heavy atom. The summed E-state index contributed by atoms with van der Waals surface area (Å²) in [7, 11) is 3.34. The summed E-state index contributed by atoms with van der Waals surface area (Å²) >= 11 is 0. The number of amides is 1. The predicted molar refractivity (Wildman–Crippen MR) is 135 cm³/mol. The second-order valence-corrected chi connectivity index (χ2v) is 10.3. The van der Waals surface area contributed by atoms with Crippen molar-refractivity contribution in [1.82, 2.24) is 10.2 Å².